The monoisotopic (exact) mass is 320 g/mol. The highest BCUT2D eigenvalue weighted by atomic mass is 79.9. The summed E-state index contributed by atoms with van der Waals surface area (Å²) in [6, 6.07) is 7.94. The second-order valence-electron chi connectivity index (χ2n) is 5.67. The third-order valence-corrected chi connectivity index (χ3v) is 4.15. The summed E-state index contributed by atoms with van der Waals surface area (Å²) in [6.45, 7) is 3.59. The minimum Gasteiger partial charge on any atom is -0.386 e. The smallest absolute Gasteiger partial charge is 0.0840 e. The van der Waals surface area contributed by atoms with Gasteiger partial charge >= 0.3 is 0 Å². The van der Waals surface area contributed by atoms with Crippen LogP contribution in [0.2, 0.25) is 0 Å². The van der Waals surface area contributed by atoms with Crippen molar-refractivity contribution in [2.24, 2.45) is 0 Å². The molecule has 3 rings (SSSR count). The van der Waals surface area contributed by atoms with Crippen LogP contribution in [0.1, 0.15) is 43.9 Å². The Morgan fingerprint density at radius 3 is 2.42 bits per heavy atom. The van der Waals surface area contributed by atoms with Crippen LogP contribution in [0.15, 0.2) is 34.9 Å². The number of halogens is 1. The van der Waals surface area contributed by atoms with E-state index in [9.17, 15) is 5.11 Å². The Balaban J connectivity index is 1.99. The zero-order chi connectivity index (χ0) is 13.6. The molecule has 100 valence electrons. The van der Waals surface area contributed by atoms with Crippen LogP contribution in [-0.4, -0.2) is 14.9 Å². The van der Waals surface area contributed by atoms with E-state index >= 15 is 0 Å². The van der Waals surface area contributed by atoms with Crippen LogP contribution in [0.3, 0.4) is 0 Å². The van der Waals surface area contributed by atoms with Gasteiger partial charge in [0.2, 0.25) is 0 Å². The fourth-order valence-electron chi connectivity index (χ4n) is 2.28. The van der Waals surface area contributed by atoms with E-state index < -0.39 is 5.60 Å². The molecule has 0 atom stereocenters. The number of aromatic nitrogens is 2. The molecule has 4 heteroatoms. The molecule has 3 nitrogen and oxygen atoms in total. The molecule has 1 fully saturated rings. The van der Waals surface area contributed by atoms with Crippen LogP contribution in [0.5, 0.6) is 0 Å². The highest BCUT2D eigenvalue weighted by Gasteiger charge is 2.30. The van der Waals surface area contributed by atoms with E-state index in [0.717, 1.165) is 15.7 Å². The van der Waals surface area contributed by atoms with E-state index in [1.807, 2.05) is 35.1 Å². The van der Waals surface area contributed by atoms with Crippen molar-refractivity contribution in [2.45, 2.75) is 38.2 Å². The molecule has 0 unspecified atom stereocenters. The zero-order valence-corrected chi connectivity index (χ0v) is 12.7. The molecule has 19 heavy (non-hydrogen) atoms. The Morgan fingerprint density at radius 2 is 1.89 bits per heavy atom. The summed E-state index contributed by atoms with van der Waals surface area (Å²) in [5.74, 6) is 0.630. The average molecular weight is 321 g/mol. The first-order valence-corrected chi connectivity index (χ1v) is 7.33. The lowest BCUT2D eigenvalue weighted by Crippen LogP contribution is -2.15. The molecular formula is C15H17BrN2O. The second-order valence-corrected chi connectivity index (χ2v) is 6.52. The maximum atomic E-state index is 9.98. The third kappa shape index (κ3) is 2.47. The van der Waals surface area contributed by atoms with Gasteiger partial charge in [-0.3, -0.25) is 0 Å². The summed E-state index contributed by atoms with van der Waals surface area (Å²) in [5, 5.41) is 14.4. The largest absolute Gasteiger partial charge is 0.386 e. The van der Waals surface area contributed by atoms with Gasteiger partial charge in [0.05, 0.1) is 27.7 Å². The van der Waals surface area contributed by atoms with Crippen molar-refractivity contribution in [3.8, 4) is 5.69 Å². The topological polar surface area (TPSA) is 38.0 Å². The zero-order valence-electron chi connectivity index (χ0n) is 11.1. The SMILES string of the molecule is CC(C)(O)c1ccc(-n2ncc(Br)c2C2CC2)cc1. The number of benzene rings is 1. The Hall–Kier alpha value is -1.13. The van der Waals surface area contributed by atoms with Gasteiger partial charge in [0.15, 0.2) is 0 Å². The van der Waals surface area contributed by atoms with Crippen molar-refractivity contribution in [3.63, 3.8) is 0 Å². The number of aliphatic hydroxyl groups is 1. The molecule has 2 aromatic rings. The van der Waals surface area contributed by atoms with E-state index in [2.05, 4.69) is 21.0 Å². The maximum absolute atomic E-state index is 9.98. The quantitative estimate of drug-likeness (QED) is 0.935. The average Bonchev–Trinajstić information content (AvgIpc) is 3.12. The molecule has 1 aromatic heterocycles. The fraction of sp³-hybridized carbons (Fsp3) is 0.400. The molecule has 0 spiro atoms. The second kappa shape index (κ2) is 4.46. The van der Waals surface area contributed by atoms with Gasteiger partial charge in [0.25, 0.3) is 0 Å². The number of rotatable bonds is 3. The van der Waals surface area contributed by atoms with Gasteiger partial charge in [-0.1, -0.05) is 12.1 Å². The summed E-state index contributed by atoms with van der Waals surface area (Å²) < 4.78 is 3.08. The Morgan fingerprint density at radius 1 is 1.26 bits per heavy atom. The van der Waals surface area contributed by atoms with Crippen molar-refractivity contribution in [1.82, 2.24) is 9.78 Å². The van der Waals surface area contributed by atoms with Crippen molar-refractivity contribution in [3.05, 3.63) is 46.2 Å². The summed E-state index contributed by atoms with van der Waals surface area (Å²) in [4.78, 5) is 0. The van der Waals surface area contributed by atoms with Gasteiger partial charge in [-0.05, 0) is 60.3 Å². The van der Waals surface area contributed by atoms with Crippen LogP contribution >= 0.6 is 15.9 Å². The fourth-order valence-corrected chi connectivity index (χ4v) is 2.86. The molecular weight excluding hydrogens is 304 g/mol. The maximum Gasteiger partial charge on any atom is 0.0840 e. The number of nitrogens with zero attached hydrogens (tertiary/aromatic N) is 2. The highest BCUT2D eigenvalue weighted by molar-refractivity contribution is 9.10. The molecule has 1 aliphatic rings. The molecule has 0 amide bonds. The van der Waals surface area contributed by atoms with E-state index in [1.165, 1.54) is 18.5 Å². The van der Waals surface area contributed by atoms with Gasteiger partial charge < -0.3 is 5.11 Å². The van der Waals surface area contributed by atoms with Gasteiger partial charge in [0, 0.05) is 5.92 Å². The molecule has 1 saturated carbocycles. The summed E-state index contributed by atoms with van der Waals surface area (Å²) in [7, 11) is 0. The van der Waals surface area contributed by atoms with Crippen LogP contribution in [0, 0.1) is 0 Å². The first kappa shape index (κ1) is 12.9. The standard InChI is InChI=1S/C15H17BrN2O/c1-15(2,19)11-5-7-12(8-6-11)18-14(10-3-4-10)13(16)9-17-18/h5-10,19H,3-4H2,1-2H3. The Labute approximate surface area is 121 Å². The minimum absolute atomic E-state index is 0.630. The first-order chi connectivity index (χ1) is 8.97. The third-order valence-electron chi connectivity index (χ3n) is 3.54. The Bertz CT molecular complexity index is 592. The van der Waals surface area contributed by atoms with Crippen LogP contribution in [0.4, 0.5) is 0 Å². The highest BCUT2D eigenvalue weighted by Crippen LogP contribution is 2.44. The summed E-state index contributed by atoms with van der Waals surface area (Å²) in [5.41, 5.74) is 2.41. The molecule has 0 bridgehead atoms. The van der Waals surface area contributed by atoms with E-state index in [1.54, 1.807) is 13.8 Å². The van der Waals surface area contributed by atoms with E-state index in [4.69, 9.17) is 0 Å². The van der Waals surface area contributed by atoms with Crippen molar-refractivity contribution < 1.29 is 5.11 Å². The molecule has 1 heterocycles. The lowest BCUT2D eigenvalue weighted by molar-refractivity contribution is 0.0786. The predicted molar refractivity (Wildman–Crippen MR) is 78.5 cm³/mol. The lowest BCUT2D eigenvalue weighted by Gasteiger charge is -2.18. The molecule has 1 aliphatic carbocycles. The normalized spacial score (nSPS) is 15.8. The van der Waals surface area contributed by atoms with Gasteiger partial charge in [-0.15, -0.1) is 0 Å². The van der Waals surface area contributed by atoms with E-state index in [-0.39, 0.29) is 0 Å². The minimum atomic E-state index is -0.803. The van der Waals surface area contributed by atoms with Crippen LogP contribution < -0.4 is 0 Å². The van der Waals surface area contributed by atoms with Crippen molar-refractivity contribution in [2.75, 3.05) is 0 Å². The number of hydrogen-bond donors (Lipinski definition) is 1. The van der Waals surface area contributed by atoms with Crippen LogP contribution in [0.25, 0.3) is 5.69 Å². The molecule has 0 saturated heterocycles. The molecule has 1 aromatic carbocycles. The summed E-state index contributed by atoms with van der Waals surface area (Å²) in [6.07, 6.45) is 4.34. The molecule has 0 aliphatic heterocycles. The van der Waals surface area contributed by atoms with Gasteiger partial charge in [-0.2, -0.15) is 5.10 Å². The van der Waals surface area contributed by atoms with Gasteiger partial charge in [0.1, 0.15) is 0 Å². The van der Waals surface area contributed by atoms with Crippen molar-refractivity contribution in [1.29, 1.82) is 0 Å². The Kier molecular flexibility index (Phi) is 3.02. The van der Waals surface area contributed by atoms with Gasteiger partial charge in [-0.25, -0.2) is 4.68 Å². The van der Waals surface area contributed by atoms with E-state index in [0.29, 0.717) is 5.92 Å². The number of hydrogen-bond acceptors (Lipinski definition) is 2. The lowest BCUT2D eigenvalue weighted by atomic mass is 9.98. The van der Waals surface area contributed by atoms with Crippen molar-refractivity contribution >= 4 is 15.9 Å². The van der Waals surface area contributed by atoms with Crippen LogP contribution in [-0.2, 0) is 5.60 Å². The first-order valence-electron chi connectivity index (χ1n) is 6.53. The summed E-state index contributed by atoms with van der Waals surface area (Å²) >= 11 is 3.58. The molecule has 0 radical (unpaired) electrons. The molecule has 1 N–H and O–H groups in total. The predicted octanol–water partition coefficient (Wildman–Crippen LogP) is 3.74.